The van der Waals surface area contributed by atoms with Gasteiger partial charge in [-0.3, -0.25) is 0 Å². The molecule has 0 bridgehead atoms. The molecule has 4 heterocycles. The Morgan fingerprint density at radius 2 is 1.08 bits per heavy atom. The van der Waals surface area contributed by atoms with Crippen LogP contribution in [0, 0.1) is 0 Å². The Hall–Kier alpha value is -6.06. The number of nitrogens with zero attached hydrogens (tertiary/aromatic N) is 2. The van der Waals surface area contributed by atoms with Gasteiger partial charge in [-0.2, -0.15) is 0 Å². The van der Waals surface area contributed by atoms with Gasteiger partial charge in [-0.1, -0.05) is 153 Å². The second-order valence-corrected chi connectivity index (χ2v) is 14.4. The molecule has 0 aliphatic carbocycles. The molecule has 0 spiro atoms. The minimum absolute atomic E-state index is 0.0992. The first-order chi connectivity index (χ1) is 24.6. The van der Waals surface area contributed by atoms with Crippen LogP contribution >= 0.6 is 0 Å². The van der Waals surface area contributed by atoms with Gasteiger partial charge in [-0.05, 0) is 63.5 Å². The highest BCUT2D eigenvalue weighted by molar-refractivity contribution is 6.99. The zero-order chi connectivity index (χ0) is 33.1. The normalized spacial score (nSPS) is 13.9. The van der Waals surface area contributed by atoms with Crippen molar-refractivity contribution in [1.82, 2.24) is 9.13 Å². The number of para-hydroxylation sites is 2. The molecule has 2 aliphatic heterocycles. The Labute approximate surface area is 292 Å². The highest BCUT2D eigenvalue weighted by Gasteiger charge is 2.44. The Balaban J connectivity index is 1.37. The summed E-state index contributed by atoms with van der Waals surface area (Å²) in [6, 6.07) is 60.7. The molecule has 50 heavy (non-hydrogen) atoms. The molecule has 0 amide bonds. The average molecular weight is 637 g/mol. The molecule has 0 saturated heterocycles. The summed E-state index contributed by atoms with van der Waals surface area (Å²) in [6.45, 7) is 4.98. The van der Waals surface area contributed by atoms with Crippen molar-refractivity contribution in [3.63, 3.8) is 0 Å². The SMILES string of the molecule is CC1(C)c2ccccc2B2c3c(cccc31)-n1c3ccc4c(c(-c5ccccc5)c(-c5ccccc5)n4-c4ccccc4)c3c3cccc2c31. The maximum absolute atomic E-state index is 2.59. The van der Waals surface area contributed by atoms with Crippen molar-refractivity contribution in [2.75, 3.05) is 0 Å². The fraction of sp³-hybridized carbons (Fsp3) is 0.0638. The molecule has 0 atom stereocenters. The largest absolute Gasteiger partial charge is 0.310 e. The topological polar surface area (TPSA) is 9.86 Å². The smallest absolute Gasteiger partial charge is 0.247 e. The summed E-state index contributed by atoms with van der Waals surface area (Å²) in [5.74, 6) is 0. The zero-order valence-electron chi connectivity index (χ0n) is 28.1. The maximum atomic E-state index is 2.59. The summed E-state index contributed by atoms with van der Waals surface area (Å²) < 4.78 is 5.08. The highest BCUT2D eigenvalue weighted by atomic mass is 15.0. The standard InChI is InChI=1S/C47H33BN2/c1-47(2)34-23-12-13-25-36(34)48-37-26-14-22-33-42-38(50(46(33)37)40-27-15-24-35(47)44(40)48)28-29-39-43(42)41(30-16-6-3-7-17-30)45(31-18-8-4-9-19-31)49(39)32-20-10-5-11-21-32/h3-29H,1-2H3. The first-order valence-electron chi connectivity index (χ1n) is 17.7. The first kappa shape index (κ1) is 27.9. The lowest BCUT2D eigenvalue weighted by atomic mass is 9.30. The van der Waals surface area contributed by atoms with Crippen LogP contribution in [0.2, 0.25) is 0 Å². The van der Waals surface area contributed by atoms with Gasteiger partial charge in [0, 0.05) is 44.0 Å². The maximum Gasteiger partial charge on any atom is 0.247 e. The van der Waals surface area contributed by atoms with E-state index in [1.165, 1.54) is 88.3 Å². The van der Waals surface area contributed by atoms with Crippen LogP contribution in [0.15, 0.2) is 164 Å². The number of fused-ring (bicyclic) bond motifs is 9. The molecule has 2 aromatic heterocycles. The van der Waals surface area contributed by atoms with E-state index in [2.05, 4.69) is 187 Å². The molecule has 0 saturated carbocycles. The molecule has 0 radical (unpaired) electrons. The molecule has 2 aliphatic rings. The van der Waals surface area contributed by atoms with Gasteiger partial charge >= 0.3 is 0 Å². The second kappa shape index (κ2) is 9.99. The molecule has 0 unspecified atom stereocenters. The van der Waals surface area contributed by atoms with Gasteiger partial charge in [0.1, 0.15) is 0 Å². The van der Waals surface area contributed by atoms with Crippen LogP contribution < -0.4 is 16.4 Å². The number of hydrogen-bond acceptors (Lipinski definition) is 0. The summed E-state index contributed by atoms with van der Waals surface area (Å²) in [5, 5.41) is 3.92. The molecular formula is C47H33BN2. The van der Waals surface area contributed by atoms with Crippen molar-refractivity contribution in [1.29, 1.82) is 0 Å². The first-order valence-corrected chi connectivity index (χ1v) is 17.7. The summed E-state index contributed by atoms with van der Waals surface area (Å²) in [5.41, 5.74) is 18.2. The Bertz CT molecular complexity index is 2820. The van der Waals surface area contributed by atoms with Gasteiger partial charge in [-0.15, -0.1) is 0 Å². The summed E-state index contributed by atoms with van der Waals surface area (Å²) in [4.78, 5) is 0. The van der Waals surface area contributed by atoms with Gasteiger partial charge < -0.3 is 9.13 Å². The number of rotatable bonds is 3. The van der Waals surface area contributed by atoms with Crippen molar-refractivity contribution >= 4 is 55.8 Å². The van der Waals surface area contributed by atoms with Crippen LogP contribution in [-0.2, 0) is 5.41 Å². The Morgan fingerprint density at radius 3 is 1.84 bits per heavy atom. The van der Waals surface area contributed by atoms with E-state index >= 15 is 0 Å². The third-order valence-electron chi connectivity index (χ3n) is 11.6. The molecule has 11 rings (SSSR count). The van der Waals surface area contributed by atoms with Crippen LogP contribution in [-0.4, -0.2) is 15.8 Å². The predicted octanol–water partition coefficient (Wildman–Crippen LogP) is 9.53. The van der Waals surface area contributed by atoms with Crippen molar-refractivity contribution in [3.05, 3.63) is 175 Å². The van der Waals surface area contributed by atoms with Gasteiger partial charge in [0.15, 0.2) is 0 Å². The molecule has 0 N–H and O–H groups in total. The third kappa shape index (κ3) is 3.49. The van der Waals surface area contributed by atoms with Crippen LogP contribution in [0.1, 0.15) is 25.0 Å². The molecule has 2 nitrogen and oxygen atoms in total. The van der Waals surface area contributed by atoms with E-state index in [9.17, 15) is 0 Å². The van der Waals surface area contributed by atoms with Crippen molar-refractivity contribution < 1.29 is 0 Å². The molecule has 3 heteroatoms. The molecular weight excluding hydrogens is 603 g/mol. The third-order valence-corrected chi connectivity index (χ3v) is 11.6. The van der Waals surface area contributed by atoms with E-state index in [1.54, 1.807) is 0 Å². The van der Waals surface area contributed by atoms with E-state index < -0.39 is 0 Å². The fourth-order valence-electron chi connectivity index (χ4n) is 9.58. The molecule has 0 fully saturated rings. The molecule has 9 aromatic rings. The van der Waals surface area contributed by atoms with Gasteiger partial charge in [0.05, 0.1) is 16.7 Å². The lowest BCUT2D eigenvalue weighted by Crippen LogP contribution is -2.63. The minimum Gasteiger partial charge on any atom is -0.310 e. The van der Waals surface area contributed by atoms with E-state index in [-0.39, 0.29) is 12.1 Å². The van der Waals surface area contributed by atoms with Crippen molar-refractivity contribution in [2.24, 2.45) is 0 Å². The summed E-state index contributed by atoms with van der Waals surface area (Å²) in [7, 11) is 0. The predicted molar refractivity (Wildman–Crippen MR) is 212 cm³/mol. The average Bonchev–Trinajstić information content (AvgIpc) is 3.70. The lowest BCUT2D eigenvalue weighted by molar-refractivity contribution is 0.645. The summed E-state index contributed by atoms with van der Waals surface area (Å²) in [6.07, 6.45) is 0. The Morgan fingerprint density at radius 1 is 0.480 bits per heavy atom. The second-order valence-electron chi connectivity index (χ2n) is 14.4. The van der Waals surface area contributed by atoms with Gasteiger partial charge in [0.25, 0.3) is 0 Å². The van der Waals surface area contributed by atoms with E-state index in [1.807, 2.05) is 0 Å². The number of hydrogen-bond donors (Lipinski definition) is 0. The molecule has 234 valence electrons. The van der Waals surface area contributed by atoms with Crippen LogP contribution in [0.4, 0.5) is 0 Å². The highest BCUT2D eigenvalue weighted by Crippen LogP contribution is 2.48. The van der Waals surface area contributed by atoms with E-state index in [0.29, 0.717) is 0 Å². The van der Waals surface area contributed by atoms with Crippen molar-refractivity contribution in [2.45, 2.75) is 19.3 Å². The van der Waals surface area contributed by atoms with Crippen molar-refractivity contribution in [3.8, 4) is 33.8 Å². The summed E-state index contributed by atoms with van der Waals surface area (Å²) >= 11 is 0. The van der Waals surface area contributed by atoms with E-state index in [4.69, 9.17) is 0 Å². The Kier molecular flexibility index (Phi) is 5.57. The number of aromatic nitrogens is 2. The minimum atomic E-state index is -0.0992. The molecule has 7 aromatic carbocycles. The lowest BCUT2D eigenvalue weighted by Gasteiger charge is -2.41. The monoisotopic (exact) mass is 636 g/mol. The number of benzene rings is 7. The van der Waals surface area contributed by atoms with Gasteiger partial charge in [-0.25, -0.2) is 0 Å². The fourth-order valence-corrected chi connectivity index (χ4v) is 9.58. The van der Waals surface area contributed by atoms with Crippen LogP contribution in [0.25, 0.3) is 66.5 Å². The quantitative estimate of drug-likeness (QED) is 0.171. The zero-order valence-corrected chi connectivity index (χ0v) is 28.1. The van der Waals surface area contributed by atoms with Crippen LogP contribution in [0.3, 0.4) is 0 Å². The van der Waals surface area contributed by atoms with E-state index in [0.717, 1.165) is 5.69 Å². The van der Waals surface area contributed by atoms with Crippen LogP contribution in [0.5, 0.6) is 0 Å². The van der Waals surface area contributed by atoms with Gasteiger partial charge in [0.2, 0.25) is 6.71 Å².